The molecule has 0 aromatic carbocycles. The molecule has 6 N–H and O–H groups in total. The maximum Gasteiger partial charge on any atom is 0.469 e. The molecule has 0 aromatic rings. The Kier molecular flexibility index (Phi) is 8.98. The molecule has 0 saturated carbocycles. The van der Waals surface area contributed by atoms with Crippen molar-refractivity contribution in [1.82, 2.24) is 10.6 Å². The van der Waals surface area contributed by atoms with Gasteiger partial charge in [-0.2, -0.15) is 0 Å². The second kappa shape index (κ2) is 9.59. The molecule has 21 heavy (non-hydrogen) atoms. The minimum absolute atomic E-state index is 0.0179. The lowest BCUT2D eigenvalue weighted by atomic mass is 10.2. The van der Waals surface area contributed by atoms with Crippen LogP contribution in [-0.2, 0) is 23.5 Å². The molecule has 0 spiro atoms. The van der Waals surface area contributed by atoms with Gasteiger partial charge in [-0.25, -0.2) is 4.57 Å². The number of carbonyl (C=O) groups is 3. The molecule has 2 unspecified atom stereocenters. The van der Waals surface area contributed by atoms with E-state index in [2.05, 4.69) is 15.2 Å². The van der Waals surface area contributed by atoms with Crippen molar-refractivity contribution < 1.29 is 33.3 Å². The first kappa shape index (κ1) is 19.7. The van der Waals surface area contributed by atoms with E-state index >= 15 is 0 Å². The second-order valence-corrected chi connectivity index (χ2v) is 5.61. The molecule has 10 nitrogen and oxygen atoms in total. The predicted octanol–water partition coefficient (Wildman–Crippen LogP) is -1.98. The van der Waals surface area contributed by atoms with Crippen molar-refractivity contribution in [3.8, 4) is 0 Å². The van der Waals surface area contributed by atoms with Gasteiger partial charge in [0.1, 0.15) is 6.29 Å². The fourth-order valence-corrected chi connectivity index (χ4v) is 1.63. The zero-order valence-corrected chi connectivity index (χ0v) is 12.4. The van der Waals surface area contributed by atoms with Crippen molar-refractivity contribution in [1.29, 1.82) is 0 Å². The summed E-state index contributed by atoms with van der Waals surface area (Å²) in [4.78, 5) is 50.0. The van der Waals surface area contributed by atoms with E-state index in [1.54, 1.807) is 0 Å². The second-order valence-electron chi connectivity index (χ2n) is 4.37. The quantitative estimate of drug-likeness (QED) is 0.227. The Bertz CT molecular complexity index is 411. The van der Waals surface area contributed by atoms with Crippen molar-refractivity contribution >= 4 is 25.9 Å². The summed E-state index contributed by atoms with van der Waals surface area (Å²) in [5.74, 6) is -0.966. The van der Waals surface area contributed by atoms with Gasteiger partial charge in [0, 0.05) is 6.42 Å². The number of aldehydes is 1. The van der Waals surface area contributed by atoms with E-state index in [-0.39, 0.29) is 26.0 Å². The van der Waals surface area contributed by atoms with Gasteiger partial charge in [0.25, 0.3) is 0 Å². The summed E-state index contributed by atoms with van der Waals surface area (Å²) in [7, 11) is -4.58. The summed E-state index contributed by atoms with van der Waals surface area (Å²) < 4.78 is 14.7. The van der Waals surface area contributed by atoms with Gasteiger partial charge in [-0.1, -0.05) is 0 Å². The van der Waals surface area contributed by atoms with E-state index in [4.69, 9.17) is 15.5 Å². The van der Waals surface area contributed by atoms with E-state index in [9.17, 15) is 18.9 Å². The Balaban J connectivity index is 3.86. The number of carbonyl (C=O) groups excluding carboxylic acids is 3. The lowest BCUT2D eigenvalue weighted by molar-refractivity contribution is -0.126. The number of hydrogen-bond acceptors (Lipinski definition) is 6. The first-order valence-corrected chi connectivity index (χ1v) is 7.64. The SMILES string of the molecule is CC(COP(=O)(O)O)NC(=O)CNC(=O)CCC(N)C=O. The van der Waals surface area contributed by atoms with E-state index in [0.717, 1.165) is 0 Å². The maximum atomic E-state index is 11.4. The number of rotatable bonds is 10. The summed E-state index contributed by atoms with van der Waals surface area (Å²) in [6.45, 7) is 0.825. The highest BCUT2D eigenvalue weighted by Gasteiger charge is 2.17. The number of hydrogen-bond donors (Lipinski definition) is 5. The highest BCUT2D eigenvalue weighted by atomic mass is 31.2. The third kappa shape index (κ3) is 12.2. The molecule has 122 valence electrons. The summed E-state index contributed by atoms with van der Waals surface area (Å²) in [6, 6.07) is -1.35. The molecule has 0 fully saturated rings. The molecule has 0 rings (SSSR count). The van der Waals surface area contributed by atoms with Crippen LogP contribution < -0.4 is 16.4 Å². The largest absolute Gasteiger partial charge is 0.469 e. The Hall–Kier alpha value is -1.32. The molecular weight excluding hydrogens is 305 g/mol. The number of nitrogens with one attached hydrogen (secondary N) is 2. The molecule has 0 saturated heterocycles. The molecule has 0 radical (unpaired) electrons. The molecule has 0 aliphatic carbocycles. The molecule has 2 atom stereocenters. The zero-order chi connectivity index (χ0) is 16.5. The van der Waals surface area contributed by atoms with Gasteiger partial charge in [0.15, 0.2) is 0 Å². The monoisotopic (exact) mass is 325 g/mol. The topological polar surface area (TPSA) is 168 Å². The highest BCUT2D eigenvalue weighted by molar-refractivity contribution is 7.46. The average molecular weight is 325 g/mol. The zero-order valence-electron chi connectivity index (χ0n) is 11.5. The third-order valence-corrected chi connectivity index (χ3v) is 2.71. The van der Waals surface area contributed by atoms with Crippen LogP contribution in [0.1, 0.15) is 19.8 Å². The molecule has 0 heterocycles. The average Bonchev–Trinajstić information content (AvgIpc) is 2.39. The van der Waals surface area contributed by atoms with Gasteiger partial charge >= 0.3 is 7.82 Å². The lowest BCUT2D eigenvalue weighted by Crippen LogP contribution is -2.42. The van der Waals surface area contributed by atoms with E-state index in [1.807, 2.05) is 0 Å². The van der Waals surface area contributed by atoms with Gasteiger partial charge in [0.2, 0.25) is 11.8 Å². The van der Waals surface area contributed by atoms with E-state index in [1.165, 1.54) is 6.92 Å². The van der Waals surface area contributed by atoms with Crippen LogP contribution in [0.5, 0.6) is 0 Å². The Morgan fingerprint density at radius 2 is 2.00 bits per heavy atom. The molecule has 0 bridgehead atoms. The summed E-state index contributed by atoms with van der Waals surface area (Å²) >= 11 is 0. The van der Waals surface area contributed by atoms with Gasteiger partial charge in [0.05, 0.1) is 25.2 Å². The van der Waals surface area contributed by atoms with E-state index < -0.39 is 31.7 Å². The summed E-state index contributed by atoms with van der Waals surface area (Å²) in [5.41, 5.74) is 5.31. The van der Waals surface area contributed by atoms with Crippen molar-refractivity contribution in [2.24, 2.45) is 5.73 Å². The molecule has 11 heteroatoms. The van der Waals surface area contributed by atoms with Gasteiger partial charge in [-0.15, -0.1) is 0 Å². The molecule has 0 aliphatic rings. The summed E-state index contributed by atoms with van der Waals surface area (Å²) in [5, 5.41) is 4.70. The van der Waals surface area contributed by atoms with Crippen LogP contribution in [0.3, 0.4) is 0 Å². The molecule has 2 amide bonds. The standard InChI is InChI=1S/C10H20N3O7P/c1-7(6-20-21(17,18)19)13-10(16)4-12-9(15)3-2-8(11)5-14/h5,7-8H,2-4,6,11H2,1H3,(H,12,15)(H,13,16)(H2,17,18,19). The van der Waals surface area contributed by atoms with Crippen LogP contribution in [0.25, 0.3) is 0 Å². The summed E-state index contributed by atoms with van der Waals surface area (Å²) in [6.07, 6.45) is 0.732. The maximum absolute atomic E-state index is 11.4. The van der Waals surface area contributed by atoms with Gasteiger partial charge in [-0.3, -0.25) is 14.1 Å². The van der Waals surface area contributed by atoms with Crippen LogP contribution in [0.4, 0.5) is 0 Å². The fourth-order valence-electron chi connectivity index (χ4n) is 1.21. The molecule has 0 aromatic heterocycles. The van der Waals surface area contributed by atoms with Gasteiger partial charge < -0.3 is 30.9 Å². The van der Waals surface area contributed by atoms with E-state index in [0.29, 0.717) is 6.29 Å². The first-order chi connectivity index (χ1) is 9.64. The number of phosphoric acid groups is 1. The van der Waals surface area contributed by atoms with Crippen molar-refractivity contribution in [3.63, 3.8) is 0 Å². The minimum atomic E-state index is -4.58. The normalized spacial score (nSPS) is 14.1. The number of nitrogens with two attached hydrogens (primary N) is 1. The van der Waals surface area contributed by atoms with Crippen LogP contribution in [-0.4, -0.2) is 53.1 Å². The van der Waals surface area contributed by atoms with Crippen LogP contribution in [0, 0.1) is 0 Å². The minimum Gasteiger partial charge on any atom is -0.350 e. The van der Waals surface area contributed by atoms with Crippen molar-refractivity contribution in [2.45, 2.75) is 31.8 Å². The smallest absolute Gasteiger partial charge is 0.350 e. The third-order valence-electron chi connectivity index (χ3n) is 2.23. The lowest BCUT2D eigenvalue weighted by Gasteiger charge is -2.14. The Morgan fingerprint density at radius 3 is 2.52 bits per heavy atom. The van der Waals surface area contributed by atoms with Crippen molar-refractivity contribution in [2.75, 3.05) is 13.2 Å². The Morgan fingerprint density at radius 1 is 1.38 bits per heavy atom. The molecular formula is C10H20N3O7P. The number of amides is 2. The van der Waals surface area contributed by atoms with Crippen molar-refractivity contribution in [3.05, 3.63) is 0 Å². The highest BCUT2D eigenvalue weighted by Crippen LogP contribution is 2.35. The van der Waals surface area contributed by atoms with Crippen LogP contribution >= 0.6 is 7.82 Å². The Labute approximate surface area is 121 Å². The molecule has 0 aliphatic heterocycles. The van der Waals surface area contributed by atoms with Crippen LogP contribution in [0.2, 0.25) is 0 Å². The first-order valence-electron chi connectivity index (χ1n) is 6.11. The predicted molar refractivity (Wildman–Crippen MR) is 71.9 cm³/mol. The van der Waals surface area contributed by atoms with Gasteiger partial charge in [-0.05, 0) is 13.3 Å². The van der Waals surface area contributed by atoms with Crippen LogP contribution in [0.15, 0.2) is 0 Å². The number of phosphoric ester groups is 1. The fraction of sp³-hybridized carbons (Fsp3) is 0.700.